The molecule has 0 saturated carbocycles. The minimum absolute atomic E-state index is 0.133. The van der Waals surface area contributed by atoms with Crippen LogP contribution in [0.3, 0.4) is 0 Å². The maximum atomic E-state index is 12.2. The van der Waals surface area contributed by atoms with Gasteiger partial charge in [-0.05, 0) is 39.7 Å². The topological polar surface area (TPSA) is 84.2 Å². The number of halogens is 1. The Morgan fingerprint density at radius 2 is 2.14 bits per heavy atom. The van der Waals surface area contributed by atoms with E-state index in [1.165, 1.54) is 6.07 Å². The summed E-state index contributed by atoms with van der Waals surface area (Å²) in [6.45, 7) is 0.138. The monoisotopic (exact) mass is 373 g/mol. The van der Waals surface area contributed by atoms with Gasteiger partial charge >= 0.3 is 0 Å². The maximum absolute atomic E-state index is 12.2. The van der Waals surface area contributed by atoms with E-state index in [0.717, 1.165) is 5.69 Å². The van der Waals surface area contributed by atoms with Gasteiger partial charge in [0.1, 0.15) is 0 Å². The molecule has 6 nitrogen and oxygen atoms in total. The van der Waals surface area contributed by atoms with Crippen molar-refractivity contribution in [3.05, 3.63) is 46.2 Å². The van der Waals surface area contributed by atoms with Crippen LogP contribution in [0.4, 0.5) is 0 Å². The van der Waals surface area contributed by atoms with Crippen LogP contribution in [0, 0.1) is 0 Å². The van der Waals surface area contributed by atoms with Crippen LogP contribution in [0.25, 0.3) is 0 Å². The van der Waals surface area contributed by atoms with E-state index >= 15 is 0 Å². The molecule has 2 N–H and O–H groups in total. The zero-order valence-corrected chi connectivity index (χ0v) is 13.9. The summed E-state index contributed by atoms with van der Waals surface area (Å²) in [5, 5.41) is 13.2. The van der Waals surface area contributed by atoms with E-state index in [-0.39, 0.29) is 18.0 Å². The molecule has 1 aromatic heterocycles. The summed E-state index contributed by atoms with van der Waals surface area (Å²) in [6, 6.07) is 6.49. The van der Waals surface area contributed by atoms with Gasteiger partial charge in [0.15, 0.2) is 0 Å². The second-order valence-corrected chi connectivity index (χ2v) is 7.14. The molecular weight excluding hydrogens is 358 g/mol. The Balaban J connectivity index is 2.04. The summed E-state index contributed by atoms with van der Waals surface area (Å²) < 4.78 is 29.1. The van der Waals surface area contributed by atoms with Crippen molar-refractivity contribution in [1.29, 1.82) is 0 Å². The lowest BCUT2D eigenvalue weighted by Crippen LogP contribution is -2.26. The number of benzene rings is 1. The van der Waals surface area contributed by atoms with Gasteiger partial charge in [0.05, 0.1) is 17.2 Å². The first-order chi connectivity index (χ1) is 9.92. The summed E-state index contributed by atoms with van der Waals surface area (Å²) >= 11 is 3.22. The van der Waals surface area contributed by atoms with Gasteiger partial charge in [0, 0.05) is 30.7 Å². The molecule has 0 fully saturated rings. The highest BCUT2D eigenvalue weighted by Crippen LogP contribution is 2.23. The summed E-state index contributed by atoms with van der Waals surface area (Å²) in [7, 11) is -1.78. The van der Waals surface area contributed by atoms with E-state index in [0.29, 0.717) is 16.5 Å². The molecule has 0 aliphatic heterocycles. The van der Waals surface area contributed by atoms with Crippen LogP contribution < -0.4 is 4.72 Å². The Morgan fingerprint density at radius 3 is 2.71 bits per heavy atom. The van der Waals surface area contributed by atoms with Crippen molar-refractivity contribution >= 4 is 26.0 Å². The maximum Gasteiger partial charge on any atom is 0.241 e. The summed E-state index contributed by atoms with van der Waals surface area (Å²) in [4.78, 5) is 0.153. The highest BCUT2D eigenvalue weighted by molar-refractivity contribution is 9.10. The number of hydrogen-bond acceptors (Lipinski definition) is 4. The van der Waals surface area contributed by atoms with Crippen LogP contribution in [-0.4, -0.2) is 29.8 Å². The highest BCUT2D eigenvalue weighted by Gasteiger charge is 2.17. The number of aliphatic hydroxyl groups is 1. The molecule has 0 bridgehead atoms. The van der Waals surface area contributed by atoms with Crippen molar-refractivity contribution in [3.8, 4) is 0 Å². The van der Waals surface area contributed by atoms with Crippen molar-refractivity contribution in [2.75, 3.05) is 6.54 Å². The van der Waals surface area contributed by atoms with E-state index in [9.17, 15) is 8.42 Å². The van der Waals surface area contributed by atoms with Crippen LogP contribution >= 0.6 is 15.9 Å². The molecule has 0 spiro atoms. The molecule has 0 atom stereocenters. The molecule has 0 aliphatic carbocycles. The molecule has 2 rings (SSSR count). The summed E-state index contributed by atoms with van der Waals surface area (Å²) in [6.07, 6.45) is 2.33. The molecule has 114 valence electrons. The van der Waals surface area contributed by atoms with Gasteiger partial charge in [-0.2, -0.15) is 5.10 Å². The second-order valence-electron chi connectivity index (χ2n) is 4.55. The number of sulfonamides is 1. The van der Waals surface area contributed by atoms with Crippen molar-refractivity contribution < 1.29 is 13.5 Å². The number of nitrogens with zero attached hydrogens (tertiary/aromatic N) is 2. The van der Waals surface area contributed by atoms with Crippen molar-refractivity contribution in [2.24, 2.45) is 7.05 Å². The Labute approximate surface area is 132 Å². The zero-order valence-electron chi connectivity index (χ0n) is 11.5. The Morgan fingerprint density at radius 1 is 1.38 bits per heavy atom. The summed E-state index contributed by atoms with van der Waals surface area (Å²) in [5.74, 6) is 0. The second kappa shape index (κ2) is 6.69. The average molecular weight is 374 g/mol. The van der Waals surface area contributed by atoms with E-state index in [2.05, 4.69) is 25.8 Å². The lowest BCUT2D eigenvalue weighted by molar-refractivity contribution is 0.281. The molecular formula is C13H16BrN3O3S. The normalized spacial score (nSPS) is 11.8. The molecule has 8 heteroatoms. The average Bonchev–Trinajstić information content (AvgIpc) is 2.83. The fourth-order valence-corrected chi connectivity index (χ4v) is 4.00. The molecule has 2 aromatic rings. The third kappa shape index (κ3) is 4.13. The number of aliphatic hydroxyl groups excluding tert-OH is 1. The van der Waals surface area contributed by atoms with Crippen molar-refractivity contribution in [2.45, 2.75) is 17.9 Å². The molecule has 1 heterocycles. The predicted octanol–water partition coefficient (Wildman–Crippen LogP) is 1.20. The third-order valence-electron chi connectivity index (χ3n) is 2.91. The minimum atomic E-state index is -3.59. The van der Waals surface area contributed by atoms with Gasteiger partial charge in [0.2, 0.25) is 10.0 Å². The quantitative estimate of drug-likeness (QED) is 0.796. The van der Waals surface area contributed by atoms with Gasteiger partial charge in [-0.1, -0.05) is 6.07 Å². The van der Waals surface area contributed by atoms with Crippen LogP contribution in [-0.2, 0) is 30.1 Å². The molecule has 21 heavy (non-hydrogen) atoms. The number of hydrogen-bond donors (Lipinski definition) is 2. The van der Waals surface area contributed by atoms with Crippen LogP contribution in [0.2, 0.25) is 0 Å². The van der Waals surface area contributed by atoms with Crippen molar-refractivity contribution in [3.63, 3.8) is 0 Å². The first-order valence-electron chi connectivity index (χ1n) is 6.30. The van der Waals surface area contributed by atoms with Crippen LogP contribution in [0.15, 0.2) is 39.8 Å². The van der Waals surface area contributed by atoms with Crippen molar-refractivity contribution in [1.82, 2.24) is 14.5 Å². The summed E-state index contributed by atoms with van der Waals surface area (Å²) in [5.41, 5.74) is 1.48. The Bertz CT molecular complexity index is 728. The van der Waals surface area contributed by atoms with Gasteiger partial charge in [-0.15, -0.1) is 0 Å². The van der Waals surface area contributed by atoms with E-state index in [1.54, 1.807) is 16.8 Å². The zero-order chi connectivity index (χ0) is 15.5. The molecule has 0 saturated heterocycles. The minimum Gasteiger partial charge on any atom is -0.392 e. The fourth-order valence-electron chi connectivity index (χ4n) is 1.85. The Hall–Kier alpha value is -1.22. The predicted molar refractivity (Wildman–Crippen MR) is 82.2 cm³/mol. The number of nitrogens with one attached hydrogen (secondary N) is 1. The van der Waals surface area contributed by atoms with Gasteiger partial charge in [-0.25, -0.2) is 13.1 Å². The standard InChI is InChI=1S/C13H16BrN3O3S/c1-17-7-5-11(16-17)4-6-15-21(19,20)13-3-2-10(9-18)8-12(13)14/h2-3,5,7-8,15,18H,4,6,9H2,1H3. The number of rotatable bonds is 6. The van der Waals surface area contributed by atoms with E-state index in [1.807, 2.05) is 19.3 Å². The fraction of sp³-hybridized carbons (Fsp3) is 0.308. The lowest BCUT2D eigenvalue weighted by Gasteiger charge is -2.09. The first kappa shape index (κ1) is 16.2. The van der Waals surface area contributed by atoms with E-state index in [4.69, 9.17) is 5.11 Å². The molecule has 0 amide bonds. The van der Waals surface area contributed by atoms with Crippen LogP contribution in [0.1, 0.15) is 11.3 Å². The lowest BCUT2D eigenvalue weighted by atomic mass is 10.2. The van der Waals surface area contributed by atoms with Crippen LogP contribution in [0.5, 0.6) is 0 Å². The van der Waals surface area contributed by atoms with E-state index < -0.39 is 10.0 Å². The van der Waals surface area contributed by atoms with Gasteiger partial charge in [0.25, 0.3) is 0 Å². The molecule has 0 aliphatic rings. The SMILES string of the molecule is Cn1ccc(CCNS(=O)(=O)c2ccc(CO)cc2Br)n1. The number of aromatic nitrogens is 2. The largest absolute Gasteiger partial charge is 0.392 e. The molecule has 1 aromatic carbocycles. The smallest absolute Gasteiger partial charge is 0.241 e. The first-order valence-corrected chi connectivity index (χ1v) is 8.57. The van der Waals surface area contributed by atoms with Gasteiger partial charge < -0.3 is 5.11 Å². The molecule has 0 radical (unpaired) electrons. The van der Waals surface area contributed by atoms with Gasteiger partial charge in [-0.3, -0.25) is 4.68 Å². The number of aryl methyl sites for hydroxylation is 1. The highest BCUT2D eigenvalue weighted by atomic mass is 79.9. The molecule has 0 unspecified atom stereocenters. The Kier molecular flexibility index (Phi) is 5.15. The third-order valence-corrected chi connectivity index (χ3v) is 5.35.